The van der Waals surface area contributed by atoms with Crippen LogP contribution in [-0.4, -0.2) is 46.2 Å². The molecule has 2 aliphatic heterocycles. The predicted molar refractivity (Wildman–Crippen MR) is 126 cm³/mol. The molecule has 0 saturated carbocycles. The van der Waals surface area contributed by atoms with Crippen molar-refractivity contribution in [3.63, 3.8) is 0 Å². The number of pyridine rings is 1. The van der Waals surface area contributed by atoms with Gasteiger partial charge in [0.25, 0.3) is 0 Å². The summed E-state index contributed by atoms with van der Waals surface area (Å²) in [6.45, 7) is 2.83. The van der Waals surface area contributed by atoms with E-state index in [0.717, 1.165) is 44.0 Å². The van der Waals surface area contributed by atoms with Gasteiger partial charge in [0, 0.05) is 42.1 Å². The molecular weight excluding hydrogens is 462 g/mol. The van der Waals surface area contributed by atoms with Gasteiger partial charge < -0.3 is 9.64 Å². The molecule has 1 saturated heterocycles. The number of thiophene rings is 1. The normalized spacial score (nSPS) is 16.0. The van der Waals surface area contributed by atoms with Crippen LogP contribution in [0.3, 0.4) is 0 Å². The molecule has 4 heterocycles. The Hall–Kier alpha value is -2.97. The molecule has 0 bridgehead atoms. The van der Waals surface area contributed by atoms with Gasteiger partial charge in [-0.15, -0.1) is 11.3 Å². The fourth-order valence-electron chi connectivity index (χ4n) is 4.50. The first kappa shape index (κ1) is 21.9. The zero-order valence-electron chi connectivity index (χ0n) is 18.3. The molecule has 0 radical (unpaired) electrons. The number of ether oxygens (including phenoxy) is 1. The number of rotatable bonds is 4. The number of aromatic nitrogens is 1. The molecule has 5 rings (SSSR count). The lowest BCUT2D eigenvalue weighted by Crippen LogP contribution is -2.33. The minimum absolute atomic E-state index is 0.0474. The molecule has 0 N–H and O–H groups in total. The molecule has 9 heteroatoms. The summed E-state index contributed by atoms with van der Waals surface area (Å²) < 4.78 is 5.31. The third-order valence-corrected chi connectivity index (χ3v) is 7.80. The van der Waals surface area contributed by atoms with Crippen LogP contribution in [0.5, 0.6) is 5.75 Å². The Labute approximate surface area is 199 Å². The van der Waals surface area contributed by atoms with Crippen LogP contribution in [0.15, 0.2) is 24.3 Å². The van der Waals surface area contributed by atoms with Crippen LogP contribution < -0.4 is 4.74 Å². The van der Waals surface area contributed by atoms with Gasteiger partial charge in [-0.3, -0.25) is 19.3 Å². The average Bonchev–Trinajstić information content (AvgIpc) is 3.33. The Morgan fingerprint density at radius 3 is 2.48 bits per heavy atom. The van der Waals surface area contributed by atoms with Gasteiger partial charge in [0.05, 0.1) is 30.9 Å². The van der Waals surface area contributed by atoms with Crippen molar-refractivity contribution in [1.29, 1.82) is 0 Å². The lowest BCUT2D eigenvalue weighted by Gasteiger charge is -2.26. The number of benzene rings is 1. The molecule has 3 aromatic rings. The SMILES string of the molecule is COc1ccc(-c2c(Cl)c(CN3C(=O)CCC3=O)nc3sc4c(c23)CCN(C(C)=O)C4)cc1. The van der Waals surface area contributed by atoms with Crippen molar-refractivity contribution in [1.82, 2.24) is 14.8 Å². The fourth-order valence-corrected chi connectivity index (χ4v) is 6.07. The van der Waals surface area contributed by atoms with Crippen molar-refractivity contribution in [2.75, 3.05) is 13.7 Å². The molecule has 2 aliphatic rings. The topological polar surface area (TPSA) is 79.8 Å². The zero-order chi connectivity index (χ0) is 23.3. The zero-order valence-corrected chi connectivity index (χ0v) is 19.9. The molecule has 1 fully saturated rings. The average molecular weight is 484 g/mol. The lowest BCUT2D eigenvalue weighted by atomic mass is 9.96. The second kappa shape index (κ2) is 8.43. The minimum atomic E-state index is -0.202. The smallest absolute Gasteiger partial charge is 0.230 e. The van der Waals surface area contributed by atoms with Crippen LogP contribution in [0, 0.1) is 0 Å². The summed E-state index contributed by atoms with van der Waals surface area (Å²) in [6, 6.07) is 7.65. The van der Waals surface area contributed by atoms with Crippen LogP contribution in [0.25, 0.3) is 21.3 Å². The third-order valence-electron chi connectivity index (χ3n) is 6.28. The van der Waals surface area contributed by atoms with Crippen molar-refractivity contribution in [3.8, 4) is 16.9 Å². The van der Waals surface area contributed by atoms with Gasteiger partial charge in [0.2, 0.25) is 17.7 Å². The predicted octanol–water partition coefficient (Wildman–Crippen LogP) is 4.18. The highest BCUT2D eigenvalue weighted by Gasteiger charge is 2.32. The van der Waals surface area contributed by atoms with E-state index in [4.69, 9.17) is 21.3 Å². The molecular formula is C24H22ClN3O4S. The van der Waals surface area contributed by atoms with Crippen LogP contribution >= 0.6 is 22.9 Å². The quantitative estimate of drug-likeness (QED) is 0.520. The summed E-state index contributed by atoms with van der Waals surface area (Å²) in [7, 11) is 1.62. The van der Waals surface area contributed by atoms with E-state index in [1.54, 1.807) is 25.4 Å². The largest absolute Gasteiger partial charge is 0.497 e. The summed E-state index contributed by atoms with van der Waals surface area (Å²) in [5, 5.41) is 1.42. The molecule has 0 spiro atoms. The number of hydrogen-bond donors (Lipinski definition) is 0. The Morgan fingerprint density at radius 1 is 1.15 bits per heavy atom. The van der Waals surface area contributed by atoms with Crippen LogP contribution in [0.2, 0.25) is 5.02 Å². The molecule has 0 atom stereocenters. The highest BCUT2D eigenvalue weighted by molar-refractivity contribution is 7.19. The molecule has 1 aromatic carbocycles. The Morgan fingerprint density at radius 2 is 1.85 bits per heavy atom. The van der Waals surface area contributed by atoms with E-state index in [9.17, 15) is 14.4 Å². The maximum absolute atomic E-state index is 12.2. The number of carbonyl (C=O) groups excluding carboxylic acids is 3. The van der Waals surface area contributed by atoms with Gasteiger partial charge in [0.1, 0.15) is 10.6 Å². The van der Waals surface area contributed by atoms with Gasteiger partial charge in [-0.25, -0.2) is 4.98 Å². The van der Waals surface area contributed by atoms with Gasteiger partial charge >= 0.3 is 0 Å². The van der Waals surface area contributed by atoms with E-state index in [-0.39, 0.29) is 37.1 Å². The monoisotopic (exact) mass is 483 g/mol. The lowest BCUT2D eigenvalue weighted by molar-refractivity contribution is -0.139. The van der Waals surface area contributed by atoms with E-state index in [1.165, 1.54) is 4.90 Å². The van der Waals surface area contributed by atoms with Crippen LogP contribution in [0.1, 0.15) is 35.9 Å². The molecule has 3 amide bonds. The Balaban J connectivity index is 1.69. The maximum Gasteiger partial charge on any atom is 0.230 e. The second-order valence-electron chi connectivity index (χ2n) is 8.22. The standard InChI is InChI=1S/C24H22ClN3O4S/c1-13(29)27-10-9-16-18(12-27)33-24-22(16)21(14-3-5-15(32-2)6-4-14)23(25)17(26-24)11-28-19(30)7-8-20(28)31/h3-6H,7-12H2,1-2H3. The summed E-state index contributed by atoms with van der Waals surface area (Å²) >= 11 is 8.49. The van der Waals surface area contributed by atoms with E-state index in [0.29, 0.717) is 23.8 Å². The van der Waals surface area contributed by atoms with E-state index in [1.807, 2.05) is 29.2 Å². The minimum Gasteiger partial charge on any atom is -0.497 e. The van der Waals surface area contributed by atoms with Crippen molar-refractivity contribution >= 4 is 50.9 Å². The molecule has 0 unspecified atom stereocenters. The maximum atomic E-state index is 12.2. The molecule has 7 nitrogen and oxygen atoms in total. The van der Waals surface area contributed by atoms with Crippen molar-refractivity contribution in [3.05, 3.63) is 45.4 Å². The first-order valence-corrected chi connectivity index (χ1v) is 11.9. The van der Waals surface area contributed by atoms with E-state index in [2.05, 4.69) is 0 Å². The summed E-state index contributed by atoms with van der Waals surface area (Å²) in [5.74, 6) is 0.377. The summed E-state index contributed by atoms with van der Waals surface area (Å²) in [5.41, 5.74) is 3.41. The first-order chi connectivity index (χ1) is 15.9. The number of halogens is 1. The molecule has 0 aliphatic carbocycles. The number of hydrogen-bond acceptors (Lipinski definition) is 6. The molecule has 33 heavy (non-hydrogen) atoms. The number of imide groups is 1. The Kier molecular flexibility index (Phi) is 5.58. The highest BCUT2D eigenvalue weighted by atomic mass is 35.5. The molecule has 2 aromatic heterocycles. The Bertz CT molecular complexity index is 1290. The third kappa shape index (κ3) is 3.77. The van der Waals surface area contributed by atoms with Gasteiger partial charge in [-0.2, -0.15) is 0 Å². The van der Waals surface area contributed by atoms with Gasteiger partial charge in [-0.05, 0) is 29.7 Å². The summed E-state index contributed by atoms with van der Waals surface area (Å²) in [6.07, 6.45) is 1.16. The van der Waals surface area contributed by atoms with Crippen molar-refractivity contribution < 1.29 is 19.1 Å². The number of amides is 3. The van der Waals surface area contributed by atoms with Crippen LogP contribution in [0.4, 0.5) is 0 Å². The van der Waals surface area contributed by atoms with E-state index >= 15 is 0 Å². The number of fused-ring (bicyclic) bond motifs is 3. The van der Waals surface area contributed by atoms with Crippen molar-refractivity contribution in [2.24, 2.45) is 0 Å². The fraction of sp³-hybridized carbons (Fsp3) is 0.333. The second-order valence-corrected chi connectivity index (χ2v) is 9.69. The van der Waals surface area contributed by atoms with Gasteiger partial charge in [0.15, 0.2) is 0 Å². The highest BCUT2D eigenvalue weighted by Crippen LogP contribution is 2.44. The van der Waals surface area contributed by atoms with Gasteiger partial charge in [-0.1, -0.05) is 23.7 Å². The number of methoxy groups -OCH3 is 1. The number of likely N-dealkylation sites (tertiary alicyclic amines) is 1. The molecule has 170 valence electrons. The number of nitrogens with zero attached hydrogens (tertiary/aromatic N) is 3. The van der Waals surface area contributed by atoms with Crippen LogP contribution in [-0.2, 0) is 33.9 Å². The van der Waals surface area contributed by atoms with E-state index < -0.39 is 0 Å². The summed E-state index contributed by atoms with van der Waals surface area (Å²) in [4.78, 5) is 46.2. The number of carbonyl (C=O) groups is 3. The first-order valence-electron chi connectivity index (χ1n) is 10.7. The van der Waals surface area contributed by atoms with Crippen molar-refractivity contribution in [2.45, 2.75) is 39.3 Å².